The van der Waals surface area contributed by atoms with Gasteiger partial charge in [0.1, 0.15) is 5.82 Å². The van der Waals surface area contributed by atoms with Gasteiger partial charge in [-0.3, -0.25) is 4.79 Å². The number of carbonyl (C=O) groups is 1. The lowest BCUT2D eigenvalue weighted by molar-refractivity contribution is -0.181. The second kappa shape index (κ2) is 5.42. The first-order chi connectivity index (χ1) is 9.60. The number of likely N-dealkylation sites (tertiary alicyclic amines) is 1. The highest BCUT2D eigenvalue weighted by molar-refractivity contribution is 9.10. The molecule has 2 fully saturated rings. The first kappa shape index (κ1) is 14.0. The fraction of sp³-hybridized carbons (Fsp3) is 0.500. The summed E-state index contributed by atoms with van der Waals surface area (Å²) in [7, 11) is 0. The smallest absolute Gasteiger partial charge is 0.253 e. The van der Waals surface area contributed by atoms with Gasteiger partial charge in [0.05, 0.1) is 17.7 Å². The Labute approximate surface area is 125 Å². The molecule has 1 aromatic carbocycles. The van der Waals surface area contributed by atoms with Gasteiger partial charge in [0.15, 0.2) is 5.79 Å². The number of ether oxygens (including phenoxy) is 2. The summed E-state index contributed by atoms with van der Waals surface area (Å²) in [5, 5.41) is 0. The van der Waals surface area contributed by atoms with Crippen LogP contribution < -0.4 is 0 Å². The first-order valence-electron chi connectivity index (χ1n) is 6.62. The van der Waals surface area contributed by atoms with Crippen LogP contribution in [0.3, 0.4) is 0 Å². The van der Waals surface area contributed by atoms with E-state index >= 15 is 0 Å². The van der Waals surface area contributed by atoms with Crippen molar-refractivity contribution in [3.63, 3.8) is 0 Å². The zero-order chi connectivity index (χ0) is 14.2. The number of amides is 1. The zero-order valence-corrected chi connectivity index (χ0v) is 12.5. The SMILES string of the molecule is O=C(c1ccc(F)c(Br)c1)N1CCC2(CC1)OCCO2. The molecule has 2 heterocycles. The van der Waals surface area contributed by atoms with Crippen LogP contribution in [0.1, 0.15) is 23.2 Å². The Morgan fingerprint density at radius 2 is 1.90 bits per heavy atom. The highest BCUT2D eigenvalue weighted by Crippen LogP contribution is 2.31. The number of piperidine rings is 1. The molecule has 2 aliphatic rings. The summed E-state index contributed by atoms with van der Waals surface area (Å²) in [6.07, 6.45) is 1.36. The average Bonchev–Trinajstić information content (AvgIpc) is 2.90. The lowest BCUT2D eigenvalue weighted by Crippen LogP contribution is -2.47. The summed E-state index contributed by atoms with van der Waals surface area (Å²) < 4.78 is 24.8. The lowest BCUT2D eigenvalue weighted by atomic mass is 10.0. The van der Waals surface area contributed by atoms with E-state index in [1.54, 1.807) is 4.90 Å². The predicted molar refractivity (Wildman–Crippen MR) is 73.9 cm³/mol. The fourth-order valence-electron chi connectivity index (χ4n) is 2.65. The van der Waals surface area contributed by atoms with Gasteiger partial charge in [0, 0.05) is 31.5 Å². The maximum Gasteiger partial charge on any atom is 0.253 e. The molecule has 6 heteroatoms. The molecule has 108 valence electrons. The second-order valence-electron chi connectivity index (χ2n) is 5.03. The lowest BCUT2D eigenvalue weighted by Gasteiger charge is -2.37. The van der Waals surface area contributed by atoms with E-state index in [9.17, 15) is 9.18 Å². The molecule has 0 atom stereocenters. The van der Waals surface area contributed by atoms with Crippen LogP contribution in [0.15, 0.2) is 22.7 Å². The van der Waals surface area contributed by atoms with Crippen molar-refractivity contribution in [1.29, 1.82) is 0 Å². The van der Waals surface area contributed by atoms with E-state index in [4.69, 9.17) is 9.47 Å². The van der Waals surface area contributed by atoms with Crippen LogP contribution in [0.4, 0.5) is 4.39 Å². The van der Waals surface area contributed by atoms with Crippen LogP contribution >= 0.6 is 15.9 Å². The monoisotopic (exact) mass is 343 g/mol. The molecule has 0 radical (unpaired) electrons. The largest absolute Gasteiger partial charge is 0.347 e. The van der Waals surface area contributed by atoms with Crippen LogP contribution in [0.5, 0.6) is 0 Å². The molecule has 3 rings (SSSR count). The van der Waals surface area contributed by atoms with Crippen LogP contribution in [0, 0.1) is 5.82 Å². The Morgan fingerprint density at radius 1 is 1.25 bits per heavy atom. The minimum absolute atomic E-state index is 0.0847. The molecule has 1 amide bonds. The Bertz CT molecular complexity index is 521. The van der Waals surface area contributed by atoms with Crippen molar-refractivity contribution in [1.82, 2.24) is 4.90 Å². The molecule has 4 nitrogen and oxygen atoms in total. The number of halogens is 2. The topological polar surface area (TPSA) is 38.8 Å². The van der Waals surface area contributed by atoms with Crippen LogP contribution in [-0.4, -0.2) is 42.9 Å². The van der Waals surface area contributed by atoms with Gasteiger partial charge < -0.3 is 14.4 Å². The van der Waals surface area contributed by atoms with Gasteiger partial charge in [-0.15, -0.1) is 0 Å². The Hall–Kier alpha value is -0.980. The molecule has 0 saturated carbocycles. The third-order valence-electron chi connectivity index (χ3n) is 3.79. The van der Waals surface area contributed by atoms with Gasteiger partial charge in [0.25, 0.3) is 5.91 Å². The highest BCUT2D eigenvalue weighted by Gasteiger charge is 2.40. The van der Waals surface area contributed by atoms with Crippen molar-refractivity contribution in [2.45, 2.75) is 18.6 Å². The van der Waals surface area contributed by atoms with Crippen LogP contribution in [0.2, 0.25) is 0 Å². The van der Waals surface area contributed by atoms with Crippen molar-refractivity contribution in [2.24, 2.45) is 0 Å². The number of carbonyl (C=O) groups excluding carboxylic acids is 1. The molecule has 0 aromatic heterocycles. The molecule has 0 bridgehead atoms. The molecular formula is C14H15BrFNO3. The van der Waals surface area contributed by atoms with Crippen molar-refractivity contribution in [2.75, 3.05) is 26.3 Å². The normalized spacial score (nSPS) is 21.4. The third kappa shape index (κ3) is 2.60. The number of rotatable bonds is 1. The summed E-state index contributed by atoms with van der Waals surface area (Å²) in [6.45, 7) is 2.43. The summed E-state index contributed by atoms with van der Waals surface area (Å²) >= 11 is 3.10. The van der Waals surface area contributed by atoms with Crippen molar-refractivity contribution in [3.8, 4) is 0 Å². The van der Waals surface area contributed by atoms with E-state index in [1.165, 1.54) is 18.2 Å². The van der Waals surface area contributed by atoms with Gasteiger partial charge in [-0.1, -0.05) is 0 Å². The molecule has 0 aliphatic carbocycles. The Balaban J connectivity index is 1.68. The second-order valence-corrected chi connectivity index (χ2v) is 5.88. The van der Waals surface area contributed by atoms with Gasteiger partial charge in [-0.05, 0) is 34.1 Å². The molecular weight excluding hydrogens is 329 g/mol. The molecule has 1 spiro atoms. The molecule has 20 heavy (non-hydrogen) atoms. The van der Waals surface area contributed by atoms with E-state index in [0.29, 0.717) is 49.2 Å². The number of hydrogen-bond donors (Lipinski definition) is 0. The van der Waals surface area contributed by atoms with Gasteiger partial charge in [0.2, 0.25) is 0 Å². The predicted octanol–water partition coefficient (Wildman–Crippen LogP) is 2.57. The quantitative estimate of drug-likeness (QED) is 0.786. The van der Waals surface area contributed by atoms with Crippen molar-refractivity contribution >= 4 is 21.8 Å². The van der Waals surface area contributed by atoms with Crippen molar-refractivity contribution in [3.05, 3.63) is 34.1 Å². The van der Waals surface area contributed by atoms with E-state index in [2.05, 4.69) is 15.9 Å². The average molecular weight is 344 g/mol. The minimum Gasteiger partial charge on any atom is -0.347 e. The third-order valence-corrected chi connectivity index (χ3v) is 4.40. The molecule has 0 N–H and O–H groups in total. The standard InChI is InChI=1S/C14H15BrFNO3/c15-11-9-10(1-2-12(11)16)13(18)17-5-3-14(4-6-17)19-7-8-20-14/h1-2,9H,3-8H2. The van der Waals surface area contributed by atoms with E-state index < -0.39 is 5.79 Å². The summed E-state index contributed by atoms with van der Waals surface area (Å²) in [4.78, 5) is 14.1. The molecule has 1 aromatic rings. The summed E-state index contributed by atoms with van der Waals surface area (Å²) in [6, 6.07) is 4.33. The van der Waals surface area contributed by atoms with E-state index in [1.807, 2.05) is 0 Å². The molecule has 2 aliphatic heterocycles. The number of benzene rings is 1. The Morgan fingerprint density at radius 3 is 2.50 bits per heavy atom. The van der Waals surface area contributed by atoms with Crippen LogP contribution in [-0.2, 0) is 9.47 Å². The maximum atomic E-state index is 13.2. The van der Waals surface area contributed by atoms with Gasteiger partial charge in [-0.25, -0.2) is 4.39 Å². The first-order valence-corrected chi connectivity index (χ1v) is 7.41. The number of hydrogen-bond acceptors (Lipinski definition) is 3. The van der Waals surface area contributed by atoms with E-state index in [-0.39, 0.29) is 11.7 Å². The summed E-state index contributed by atoms with van der Waals surface area (Å²) in [5.74, 6) is -0.939. The highest BCUT2D eigenvalue weighted by atomic mass is 79.9. The van der Waals surface area contributed by atoms with Gasteiger partial charge in [-0.2, -0.15) is 0 Å². The summed E-state index contributed by atoms with van der Waals surface area (Å²) in [5.41, 5.74) is 0.488. The Kier molecular flexibility index (Phi) is 3.79. The molecule has 0 unspecified atom stereocenters. The minimum atomic E-state index is -0.486. The van der Waals surface area contributed by atoms with Crippen molar-refractivity contribution < 1.29 is 18.7 Å². The zero-order valence-electron chi connectivity index (χ0n) is 10.9. The van der Waals surface area contributed by atoms with Gasteiger partial charge >= 0.3 is 0 Å². The molecule has 2 saturated heterocycles. The fourth-order valence-corrected chi connectivity index (χ4v) is 3.03. The van der Waals surface area contributed by atoms with E-state index in [0.717, 1.165) is 0 Å². The maximum absolute atomic E-state index is 13.2. The van der Waals surface area contributed by atoms with Crippen LogP contribution in [0.25, 0.3) is 0 Å². The number of nitrogens with zero attached hydrogens (tertiary/aromatic N) is 1.